The van der Waals surface area contributed by atoms with Gasteiger partial charge in [-0.1, -0.05) is 13.3 Å². The van der Waals surface area contributed by atoms with Crippen molar-refractivity contribution in [2.24, 2.45) is 0 Å². The predicted octanol–water partition coefficient (Wildman–Crippen LogP) is 2.59. The monoisotopic (exact) mass is 212 g/mol. The van der Waals surface area contributed by atoms with E-state index in [1.807, 2.05) is 0 Å². The summed E-state index contributed by atoms with van der Waals surface area (Å²) >= 11 is 0. The van der Waals surface area contributed by atoms with Gasteiger partial charge in [-0.3, -0.25) is 4.90 Å². The second kappa shape index (κ2) is 6.49. The minimum Gasteiger partial charge on any atom is -0.302 e. The molecule has 0 bridgehead atoms. The van der Waals surface area contributed by atoms with Gasteiger partial charge < -0.3 is 4.90 Å². The maximum Gasteiger partial charge on any atom is 0.0197 e. The number of rotatable bonds is 4. The third-order valence-corrected chi connectivity index (χ3v) is 3.47. The Balaban J connectivity index is 2.42. The molecular formula is C13H28N2. The Morgan fingerprint density at radius 1 is 1.27 bits per heavy atom. The average molecular weight is 212 g/mol. The quantitative estimate of drug-likeness (QED) is 0.707. The van der Waals surface area contributed by atoms with Gasteiger partial charge in [-0.2, -0.15) is 0 Å². The van der Waals surface area contributed by atoms with Gasteiger partial charge in [-0.05, 0) is 53.2 Å². The standard InChI is InChI=1S/C13H28N2/c1-5-6-8-14-9-7-10-15(12(2)3)13(4)11-14/h12-13H,5-11H2,1-4H3. The van der Waals surface area contributed by atoms with Crippen LogP contribution in [0.3, 0.4) is 0 Å². The van der Waals surface area contributed by atoms with Crippen molar-refractivity contribution in [3.8, 4) is 0 Å². The number of nitrogens with zero attached hydrogens (tertiary/aromatic N) is 2. The lowest BCUT2D eigenvalue weighted by Gasteiger charge is -2.32. The Labute approximate surface area is 95.6 Å². The molecule has 0 radical (unpaired) electrons. The highest BCUT2D eigenvalue weighted by atomic mass is 15.2. The highest BCUT2D eigenvalue weighted by Gasteiger charge is 2.22. The van der Waals surface area contributed by atoms with Gasteiger partial charge in [0.05, 0.1) is 0 Å². The fourth-order valence-electron chi connectivity index (χ4n) is 2.62. The first kappa shape index (κ1) is 13.0. The summed E-state index contributed by atoms with van der Waals surface area (Å²) in [6, 6.07) is 1.43. The molecule has 0 aromatic heterocycles. The summed E-state index contributed by atoms with van der Waals surface area (Å²) < 4.78 is 0. The van der Waals surface area contributed by atoms with Crippen molar-refractivity contribution < 1.29 is 0 Å². The molecule has 0 spiro atoms. The molecule has 1 fully saturated rings. The fourth-order valence-corrected chi connectivity index (χ4v) is 2.62. The van der Waals surface area contributed by atoms with E-state index >= 15 is 0 Å². The second-order valence-corrected chi connectivity index (χ2v) is 5.19. The van der Waals surface area contributed by atoms with E-state index in [4.69, 9.17) is 0 Å². The van der Waals surface area contributed by atoms with Gasteiger partial charge >= 0.3 is 0 Å². The minimum absolute atomic E-state index is 0.700. The molecule has 0 aromatic rings. The van der Waals surface area contributed by atoms with Crippen molar-refractivity contribution in [1.29, 1.82) is 0 Å². The minimum atomic E-state index is 0.700. The van der Waals surface area contributed by atoms with Crippen LogP contribution in [0.4, 0.5) is 0 Å². The van der Waals surface area contributed by atoms with E-state index in [1.165, 1.54) is 45.4 Å². The number of hydrogen-bond acceptors (Lipinski definition) is 2. The van der Waals surface area contributed by atoms with Gasteiger partial charge in [-0.15, -0.1) is 0 Å². The van der Waals surface area contributed by atoms with Gasteiger partial charge in [0, 0.05) is 18.6 Å². The van der Waals surface area contributed by atoms with Crippen LogP contribution in [0.5, 0.6) is 0 Å². The molecule has 1 saturated heterocycles. The van der Waals surface area contributed by atoms with E-state index in [9.17, 15) is 0 Å². The normalized spacial score (nSPS) is 25.8. The highest BCUT2D eigenvalue weighted by Crippen LogP contribution is 2.13. The molecule has 0 saturated carbocycles. The first-order valence-corrected chi connectivity index (χ1v) is 6.63. The SMILES string of the molecule is CCCCN1CCCN(C(C)C)C(C)C1. The van der Waals surface area contributed by atoms with E-state index in [2.05, 4.69) is 37.5 Å². The summed E-state index contributed by atoms with van der Waals surface area (Å²) in [5.74, 6) is 0. The molecule has 1 heterocycles. The van der Waals surface area contributed by atoms with Crippen LogP contribution in [0.15, 0.2) is 0 Å². The van der Waals surface area contributed by atoms with Crippen molar-refractivity contribution in [2.75, 3.05) is 26.2 Å². The third kappa shape index (κ3) is 4.12. The lowest BCUT2D eigenvalue weighted by Crippen LogP contribution is -2.42. The highest BCUT2D eigenvalue weighted by molar-refractivity contribution is 4.78. The number of unbranched alkanes of at least 4 members (excludes halogenated alkanes) is 1. The van der Waals surface area contributed by atoms with E-state index in [0.29, 0.717) is 6.04 Å². The summed E-state index contributed by atoms with van der Waals surface area (Å²) in [5.41, 5.74) is 0. The second-order valence-electron chi connectivity index (χ2n) is 5.19. The lowest BCUT2D eigenvalue weighted by atomic mass is 10.2. The smallest absolute Gasteiger partial charge is 0.0197 e. The van der Waals surface area contributed by atoms with Crippen molar-refractivity contribution >= 4 is 0 Å². The molecule has 1 aliphatic heterocycles. The Bertz CT molecular complexity index is 168. The molecule has 1 atom stereocenters. The van der Waals surface area contributed by atoms with E-state index in [1.54, 1.807) is 0 Å². The maximum absolute atomic E-state index is 2.65. The largest absolute Gasteiger partial charge is 0.302 e. The zero-order valence-electron chi connectivity index (χ0n) is 11.0. The summed E-state index contributed by atoms with van der Waals surface area (Å²) in [4.78, 5) is 5.29. The predicted molar refractivity (Wildman–Crippen MR) is 67.3 cm³/mol. The van der Waals surface area contributed by atoms with Gasteiger partial charge in [0.2, 0.25) is 0 Å². The van der Waals surface area contributed by atoms with E-state index < -0.39 is 0 Å². The van der Waals surface area contributed by atoms with Crippen LogP contribution >= 0.6 is 0 Å². The first-order chi connectivity index (χ1) is 7.15. The average Bonchev–Trinajstić information content (AvgIpc) is 2.36. The molecule has 15 heavy (non-hydrogen) atoms. The zero-order valence-corrected chi connectivity index (χ0v) is 11.0. The molecule has 2 heteroatoms. The van der Waals surface area contributed by atoms with Crippen LogP contribution in [0.1, 0.15) is 47.0 Å². The number of hydrogen-bond donors (Lipinski definition) is 0. The van der Waals surface area contributed by atoms with E-state index in [0.717, 1.165) is 6.04 Å². The topological polar surface area (TPSA) is 6.48 Å². The molecule has 1 rings (SSSR count). The maximum atomic E-state index is 2.65. The van der Waals surface area contributed by atoms with Crippen molar-refractivity contribution in [3.05, 3.63) is 0 Å². The van der Waals surface area contributed by atoms with Crippen molar-refractivity contribution in [1.82, 2.24) is 9.80 Å². The molecule has 0 aromatic carbocycles. The Morgan fingerprint density at radius 2 is 2.00 bits per heavy atom. The van der Waals surface area contributed by atoms with Crippen LogP contribution in [-0.2, 0) is 0 Å². The summed E-state index contributed by atoms with van der Waals surface area (Å²) in [6.45, 7) is 14.4. The molecule has 0 aliphatic carbocycles. The molecule has 0 N–H and O–H groups in total. The van der Waals surface area contributed by atoms with Crippen LogP contribution in [0.25, 0.3) is 0 Å². The molecule has 1 aliphatic rings. The van der Waals surface area contributed by atoms with Crippen molar-refractivity contribution in [3.63, 3.8) is 0 Å². The Hall–Kier alpha value is -0.0800. The van der Waals surface area contributed by atoms with E-state index in [-0.39, 0.29) is 0 Å². The summed E-state index contributed by atoms with van der Waals surface area (Å²) in [7, 11) is 0. The van der Waals surface area contributed by atoms with Crippen molar-refractivity contribution in [2.45, 2.75) is 59.0 Å². The van der Waals surface area contributed by atoms with Crippen LogP contribution in [-0.4, -0.2) is 48.1 Å². The summed E-state index contributed by atoms with van der Waals surface area (Å²) in [5, 5.41) is 0. The lowest BCUT2D eigenvalue weighted by molar-refractivity contribution is 0.155. The van der Waals surface area contributed by atoms with Gasteiger partial charge in [0.1, 0.15) is 0 Å². The summed E-state index contributed by atoms with van der Waals surface area (Å²) in [6.07, 6.45) is 4.01. The molecule has 1 unspecified atom stereocenters. The molecule has 0 amide bonds. The van der Waals surface area contributed by atoms with Crippen LogP contribution < -0.4 is 0 Å². The molecular weight excluding hydrogens is 184 g/mol. The van der Waals surface area contributed by atoms with Gasteiger partial charge in [-0.25, -0.2) is 0 Å². The fraction of sp³-hybridized carbons (Fsp3) is 1.00. The Morgan fingerprint density at radius 3 is 2.60 bits per heavy atom. The third-order valence-electron chi connectivity index (χ3n) is 3.47. The first-order valence-electron chi connectivity index (χ1n) is 6.63. The van der Waals surface area contributed by atoms with Gasteiger partial charge in [0.25, 0.3) is 0 Å². The Kier molecular flexibility index (Phi) is 5.62. The molecule has 2 nitrogen and oxygen atoms in total. The van der Waals surface area contributed by atoms with Gasteiger partial charge in [0.15, 0.2) is 0 Å². The molecule has 90 valence electrons. The van der Waals surface area contributed by atoms with Crippen LogP contribution in [0, 0.1) is 0 Å². The zero-order chi connectivity index (χ0) is 11.3. The van der Waals surface area contributed by atoms with Crippen LogP contribution in [0.2, 0.25) is 0 Å².